The van der Waals surface area contributed by atoms with Crippen molar-refractivity contribution in [1.82, 2.24) is 9.97 Å². The van der Waals surface area contributed by atoms with Gasteiger partial charge in [-0.15, -0.1) is 0 Å². The standard InChI is InChI=1S/C28H32F3N5O/c1-18-12-20(32)17-36(16-18)26-6-7-33-15-19(26)2-3-21-4-5-23(29)28(34-21)27-24(30)13-22(14-25(27)31)35-8-10-37-11-9-35/h4-7,13-15,18,20H,2-3,8-12,16-17,32H2,1H3/t18-,20+/m1/s1. The maximum absolute atomic E-state index is 15.1. The molecule has 2 saturated heterocycles. The molecule has 0 radical (unpaired) electrons. The van der Waals surface area contributed by atoms with Crippen LogP contribution in [0.25, 0.3) is 11.3 Å². The van der Waals surface area contributed by atoms with Crippen molar-refractivity contribution in [2.75, 3.05) is 49.2 Å². The van der Waals surface area contributed by atoms with Crippen molar-refractivity contribution in [2.24, 2.45) is 11.7 Å². The third-order valence-corrected chi connectivity index (χ3v) is 7.10. The molecule has 9 heteroatoms. The van der Waals surface area contributed by atoms with Gasteiger partial charge in [-0.3, -0.25) is 4.98 Å². The van der Waals surface area contributed by atoms with Crippen LogP contribution in [0, 0.1) is 23.4 Å². The van der Waals surface area contributed by atoms with Crippen LogP contribution < -0.4 is 15.5 Å². The van der Waals surface area contributed by atoms with Crippen molar-refractivity contribution in [3.8, 4) is 11.3 Å². The highest BCUT2D eigenvalue weighted by atomic mass is 19.1. The Labute approximate surface area is 215 Å². The zero-order valence-corrected chi connectivity index (χ0v) is 21.0. The average Bonchev–Trinajstić information content (AvgIpc) is 2.88. The molecule has 196 valence electrons. The molecule has 3 aromatic rings. The van der Waals surface area contributed by atoms with E-state index >= 15 is 8.78 Å². The molecule has 2 N–H and O–H groups in total. The van der Waals surface area contributed by atoms with Gasteiger partial charge in [-0.05, 0) is 61.1 Å². The van der Waals surface area contributed by atoms with Crippen LogP contribution in [0.5, 0.6) is 0 Å². The van der Waals surface area contributed by atoms with Gasteiger partial charge < -0.3 is 20.3 Å². The maximum atomic E-state index is 15.1. The van der Waals surface area contributed by atoms with Crippen LogP contribution in [0.4, 0.5) is 24.5 Å². The number of aromatic nitrogens is 2. The van der Waals surface area contributed by atoms with E-state index in [0.717, 1.165) is 30.8 Å². The number of halogens is 3. The highest BCUT2D eigenvalue weighted by Gasteiger charge is 2.25. The van der Waals surface area contributed by atoms with E-state index in [-0.39, 0.29) is 11.7 Å². The van der Waals surface area contributed by atoms with Crippen LogP contribution in [-0.2, 0) is 17.6 Å². The summed E-state index contributed by atoms with van der Waals surface area (Å²) in [6.07, 6.45) is 5.66. The van der Waals surface area contributed by atoms with Crippen LogP contribution in [0.3, 0.4) is 0 Å². The van der Waals surface area contributed by atoms with Crippen molar-refractivity contribution in [1.29, 1.82) is 0 Å². The summed E-state index contributed by atoms with van der Waals surface area (Å²) in [6.45, 7) is 5.96. The summed E-state index contributed by atoms with van der Waals surface area (Å²) in [5.41, 5.74) is 8.56. The summed E-state index contributed by atoms with van der Waals surface area (Å²) in [7, 11) is 0. The summed E-state index contributed by atoms with van der Waals surface area (Å²) >= 11 is 0. The molecule has 6 nitrogen and oxygen atoms in total. The average molecular weight is 512 g/mol. The van der Waals surface area contributed by atoms with Crippen LogP contribution in [-0.4, -0.2) is 55.4 Å². The lowest BCUT2D eigenvalue weighted by Crippen LogP contribution is -2.46. The van der Waals surface area contributed by atoms with Crippen LogP contribution in [0.1, 0.15) is 24.6 Å². The smallest absolute Gasteiger partial charge is 0.149 e. The molecule has 0 bridgehead atoms. The fraction of sp³-hybridized carbons (Fsp3) is 0.429. The Morgan fingerprint density at radius 3 is 2.46 bits per heavy atom. The number of hydrogen-bond acceptors (Lipinski definition) is 6. The number of hydrogen-bond donors (Lipinski definition) is 1. The first-order valence-electron chi connectivity index (χ1n) is 12.8. The zero-order valence-electron chi connectivity index (χ0n) is 21.0. The lowest BCUT2D eigenvalue weighted by Gasteiger charge is -2.37. The van der Waals surface area contributed by atoms with Gasteiger partial charge in [0.25, 0.3) is 0 Å². The molecule has 2 aromatic heterocycles. The highest BCUT2D eigenvalue weighted by molar-refractivity contribution is 5.66. The van der Waals surface area contributed by atoms with E-state index in [4.69, 9.17) is 10.5 Å². The minimum Gasteiger partial charge on any atom is -0.378 e. The molecule has 5 rings (SSSR count). The fourth-order valence-corrected chi connectivity index (χ4v) is 5.37. The number of aryl methyl sites for hydroxylation is 2. The van der Waals surface area contributed by atoms with Crippen molar-refractivity contribution in [3.05, 3.63) is 71.4 Å². The lowest BCUT2D eigenvalue weighted by molar-refractivity contribution is 0.122. The van der Waals surface area contributed by atoms with E-state index in [2.05, 4.69) is 21.8 Å². The monoisotopic (exact) mass is 511 g/mol. The number of piperidine rings is 1. The Balaban J connectivity index is 1.37. The molecular formula is C28H32F3N5O. The number of ether oxygens (including phenoxy) is 1. The first-order valence-corrected chi connectivity index (χ1v) is 12.8. The molecule has 4 heterocycles. The summed E-state index contributed by atoms with van der Waals surface area (Å²) < 4.78 is 50.3. The second-order valence-electron chi connectivity index (χ2n) is 10.0. The molecule has 0 amide bonds. The van der Waals surface area contributed by atoms with Crippen molar-refractivity contribution < 1.29 is 17.9 Å². The van der Waals surface area contributed by atoms with E-state index in [0.29, 0.717) is 56.4 Å². The predicted octanol–water partition coefficient (Wildman–Crippen LogP) is 4.36. The molecule has 0 spiro atoms. The zero-order chi connectivity index (χ0) is 25.9. The molecule has 0 unspecified atom stereocenters. The van der Waals surface area contributed by atoms with Crippen molar-refractivity contribution in [2.45, 2.75) is 32.2 Å². The number of nitrogens with zero attached hydrogens (tertiary/aromatic N) is 4. The van der Waals surface area contributed by atoms with Gasteiger partial charge in [-0.25, -0.2) is 18.2 Å². The largest absolute Gasteiger partial charge is 0.378 e. The molecule has 0 saturated carbocycles. The molecule has 1 aromatic carbocycles. The van der Waals surface area contributed by atoms with Gasteiger partial charge >= 0.3 is 0 Å². The van der Waals surface area contributed by atoms with Gasteiger partial charge in [-0.1, -0.05) is 6.92 Å². The van der Waals surface area contributed by atoms with E-state index in [1.807, 2.05) is 17.2 Å². The quantitative estimate of drug-likeness (QED) is 0.531. The topological polar surface area (TPSA) is 67.5 Å². The number of anilines is 2. The Bertz CT molecular complexity index is 1220. The minimum atomic E-state index is -0.838. The number of rotatable bonds is 6. The van der Waals surface area contributed by atoms with Gasteiger partial charge in [0.1, 0.15) is 23.1 Å². The van der Waals surface area contributed by atoms with E-state index in [1.165, 1.54) is 18.2 Å². The molecule has 37 heavy (non-hydrogen) atoms. The maximum Gasteiger partial charge on any atom is 0.149 e. The van der Waals surface area contributed by atoms with Crippen molar-refractivity contribution >= 4 is 11.4 Å². The Kier molecular flexibility index (Phi) is 7.62. The summed E-state index contributed by atoms with van der Waals surface area (Å²) in [4.78, 5) is 12.8. The first kappa shape index (κ1) is 25.5. The SMILES string of the molecule is C[C@@H]1C[C@H](N)CN(c2ccncc2CCc2ccc(F)c(-c3c(F)cc(N4CCOCC4)cc3F)n2)C1. The van der Waals surface area contributed by atoms with E-state index < -0.39 is 23.0 Å². The number of benzene rings is 1. The van der Waals surface area contributed by atoms with Gasteiger partial charge in [0.05, 0.1) is 18.8 Å². The number of pyridine rings is 2. The minimum absolute atomic E-state index is 0.116. The van der Waals surface area contributed by atoms with Crippen LogP contribution in [0.2, 0.25) is 0 Å². The van der Waals surface area contributed by atoms with Crippen LogP contribution >= 0.6 is 0 Å². The normalized spacial score (nSPS) is 20.4. The van der Waals surface area contributed by atoms with Gasteiger partial charge in [0, 0.05) is 61.7 Å². The molecular weight excluding hydrogens is 479 g/mol. The van der Waals surface area contributed by atoms with E-state index in [1.54, 1.807) is 12.3 Å². The fourth-order valence-electron chi connectivity index (χ4n) is 5.37. The summed E-state index contributed by atoms with van der Waals surface area (Å²) in [5.74, 6) is -1.95. The molecule has 2 aliphatic heterocycles. The van der Waals surface area contributed by atoms with Crippen LogP contribution in [0.15, 0.2) is 42.7 Å². The summed E-state index contributed by atoms with van der Waals surface area (Å²) in [6, 6.07) is 7.37. The Morgan fingerprint density at radius 1 is 0.973 bits per heavy atom. The third-order valence-electron chi connectivity index (χ3n) is 7.10. The predicted molar refractivity (Wildman–Crippen MR) is 138 cm³/mol. The summed E-state index contributed by atoms with van der Waals surface area (Å²) in [5, 5.41) is 0. The van der Waals surface area contributed by atoms with Gasteiger partial charge in [0.2, 0.25) is 0 Å². The number of morpholine rings is 1. The Morgan fingerprint density at radius 2 is 1.73 bits per heavy atom. The van der Waals surface area contributed by atoms with Gasteiger partial charge in [0.15, 0.2) is 0 Å². The second kappa shape index (κ2) is 11.1. The highest BCUT2D eigenvalue weighted by Crippen LogP contribution is 2.32. The lowest BCUT2D eigenvalue weighted by atomic mass is 9.95. The second-order valence-corrected chi connectivity index (χ2v) is 10.0. The number of nitrogens with two attached hydrogens (primary N) is 1. The molecule has 2 atom stereocenters. The van der Waals surface area contributed by atoms with Gasteiger partial charge in [-0.2, -0.15) is 0 Å². The molecule has 0 aliphatic carbocycles. The molecule has 2 aliphatic rings. The first-order chi connectivity index (χ1) is 17.9. The van der Waals surface area contributed by atoms with Crippen molar-refractivity contribution in [3.63, 3.8) is 0 Å². The molecule has 2 fully saturated rings. The van der Waals surface area contributed by atoms with E-state index in [9.17, 15) is 4.39 Å². The third kappa shape index (κ3) is 5.72. The Hall–Kier alpha value is -3.17.